The Hall–Kier alpha value is -0.880. The van der Waals surface area contributed by atoms with Gasteiger partial charge in [0.1, 0.15) is 0 Å². The molecule has 0 spiro atoms. The summed E-state index contributed by atoms with van der Waals surface area (Å²) < 4.78 is 28.7. The summed E-state index contributed by atoms with van der Waals surface area (Å²) in [6, 6.07) is 0. The summed E-state index contributed by atoms with van der Waals surface area (Å²) in [5.41, 5.74) is 0.430. The summed E-state index contributed by atoms with van der Waals surface area (Å²) in [7, 11) is -1.78. The van der Waals surface area contributed by atoms with E-state index in [-0.39, 0.29) is 12.3 Å². The smallest absolute Gasteiger partial charge is 0.333 e. The lowest BCUT2D eigenvalue weighted by atomic mass is 10.3. The van der Waals surface area contributed by atoms with Gasteiger partial charge in [0.25, 0.3) is 0 Å². The summed E-state index contributed by atoms with van der Waals surface area (Å²) in [5, 5.41) is 0. The van der Waals surface area contributed by atoms with E-state index in [2.05, 4.69) is 4.74 Å². The number of carbonyl (C=O) groups is 1. The van der Waals surface area contributed by atoms with Crippen LogP contribution in [0.2, 0.25) is 0 Å². The van der Waals surface area contributed by atoms with Crippen molar-refractivity contribution in [2.45, 2.75) is 13.3 Å². The van der Waals surface area contributed by atoms with Crippen molar-refractivity contribution in [3.63, 3.8) is 0 Å². The predicted octanol–water partition coefficient (Wildman–Crippen LogP) is 0.141. The van der Waals surface area contributed by atoms with Crippen LogP contribution in [0.3, 0.4) is 0 Å². The Kier molecular flexibility index (Phi) is 3.87. The standard InChI is InChI=1S/C9H15NO4S/c1-8(9(11)14-2)4-6-10-5-3-7-15(10,12)13/h4H,3,5-7H2,1-2H3. The second kappa shape index (κ2) is 4.76. The summed E-state index contributed by atoms with van der Waals surface area (Å²) in [6.07, 6.45) is 2.24. The second-order valence-corrected chi connectivity index (χ2v) is 5.49. The van der Waals surface area contributed by atoms with Gasteiger partial charge < -0.3 is 4.74 Å². The van der Waals surface area contributed by atoms with Crippen molar-refractivity contribution < 1.29 is 17.9 Å². The summed E-state index contributed by atoms with van der Waals surface area (Å²) >= 11 is 0. The third kappa shape index (κ3) is 3.04. The fraction of sp³-hybridized carbons (Fsp3) is 0.667. The maximum absolute atomic E-state index is 11.4. The Labute approximate surface area is 89.8 Å². The average Bonchev–Trinajstić information content (AvgIpc) is 2.53. The van der Waals surface area contributed by atoms with Gasteiger partial charge in [-0.2, -0.15) is 4.31 Å². The minimum absolute atomic E-state index is 0.206. The van der Waals surface area contributed by atoms with E-state index in [0.29, 0.717) is 18.5 Å². The van der Waals surface area contributed by atoms with Crippen LogP contribution in [-0.4, -0.2) is 44.6 Å². The molecule has 5 nitrogen and oxygen atoms in total. The fourth-order valence-corrected chi connectivity index (χ4v) is 2.84. The maximum Gasteiger partial charge on any atom is 0.333 e. The second-order valence-electron chi connectivity index (χ2n) is 3.41. The van der Waals surface area contributed by atoms with Crippen LogP contribution in [0, 0.1) is 0 Å². The molecule has 0 aromatic heterocycles. The normalized spacial score (nSPS) is 21.6. The molecular formula is C9H15NO4S. The Morgan fingerprint density at radius 2 is 2.20 bits per heavy atom. The number of methoxy groups -OCH3 is 1. The van der Waals surface area contributed by atoms with Gasteiger partial charge >= 0.3 is 5.97 Å². The molecule has 0 radical (unpaired) electrons. The van der Waals surface area contributed by atoms with Gasteiger partial charge in [0.05, 0.1) is 12.9 Å². The zero-order chi connectivity index (χ0) is 11.5. The van der Waals surface area contributed by atoms with E-state index in [4.69, 9.17) is 0 Å². The van der Waals surface area contributed by atoms with Crippen LogP contribution >= 0.6 is 0 Å². The van der Waals surface area contributed by atoms with E-state index < -0.39 is 16.0 Å². The highest BCUT2D eigenvalue weighted by Crippen LogP contribution is 2.13. The molecule has 0 aromatic rings. The van der Waals surface area contributed by atoms with Gasteiger partial charge in [0.2, 0.25) is 10.0 Å². The van der Waals surface area contributed by atoms with Gasteiger partial charge in [-0.05, 0) is 13.3 Å². The minimum Gasteiger partial charge on any atom is -0.466 e. The predicted molar refractivity (Wildman–Crippen MR) is 55.7 cm³/mol. The van der Waals surface area contributed by atoms with Crippen LogP contribution in [0.25, 0.3) is 0 Å². The minimum atomic E-state index is -3.08. The molecule has 0 bridgehead atoms. The SMILES string of the molecule is COC(=O)C(C)=CCN1CCCS1(=O)=O. The van der Waals surface area contributed by atoms with Gasteiger partial charge in [0.15, 0.2) is 0 Å². The fourth-order valence-electron chi connectivity index (χ4n) is 1.38. The maximum atomic E-state index is 11.4. The van der Waals surface area contributed by atoms with Crippen LogP contribution < -0.4 is 0 Å². The number of rotatable bonds is 3. The first-order chi connectivity index (χ1) is 6.97. The van der Waals surface area contributed by atoms with E-state index in [9.17, 15) is 13.2 Å². The number of carbonyl (C=O) groups excluding carboxylic acids is 1. The summed E-state index contributed by atoms with van der Waals surface area (Å²) in [4.78, 5) is 11.0. The van der Waals surface area contributed by atoms with E-state index in [1.165, 1.54) is 11.4 Å². The molecule has 0 aliphatic carbocycles. The molecule has 6 heteroatoms. The zero-order valence-electron chi connectivity index (χ0n) is 8.89. The topological polar surface area (TPSA) is 63.7 Å². The molecule has 0 saturated carbocycles. The lowest BCUT2D eigenvalue weighted by molar-refractivity contribution is -0.136. The molecule has 0 unspecified atom stereocenters. The highest BCUT2D eigenvalue weighted by Gasteiger charge is 2.27. The molecule has 0 aromatic carbocycles. The molecule has 1 heterocycles. The molecule has 0 atom stereocenters. The number of ether oxygens (including phenoxy) is 1. The quantitative estimate of drug-likeness (QED) is 0.514. The molecule has 15 heavy (non-hydrogen) atoms. The number of hydrogen-bond donors (Lipinski definition) is 0. The first kappa shape index (κ1) is 12.2. The first-order valence-electron chi connectivity index (χ1n) is 4.70. The van der Waals surface area contributed by atoms with Crippen molar-refractivity contribution >= 4 is 16.0 Å². The van der Waals surface area contributed by atoms with Crippen molar-refractivity contribution in [2.75, 3.05) is 26.0 Å². The lowest BCUT2D eigenvalue weighted by Crippen LogP contribution is -2.26. The monoisotopic (exact) mass is 233 g/mol. The Balaban J connectivity index is 2.61. The highest BCUT2D eigenvalue weighted by molar-refractivity contribution is 7.89. The van der Waals surface area contributed by atoms with E-state index >= 15 is 0 Å². The number of sulfonamides is 1. The van der Waals surface area contributed by atoms with Gasteiger partial charge in [-0.1, -0.05) is 6.08 Å². The van der Waals surface area contributed by atoms with Crippen molar-refractivity contribution in [1.29, 1.82) is 0 Å². The number of nitrogens with zero attached hydrogens (tertiary/aromatic N) is 1. The lowest BCUT2D eigenvalue weighted by Gasteiger charge is -2.11. The van der Waals surface area contributed by atoms with Crippen LogP contribution in [0.1, 0.15) is 13.3 Å². The zero-order valence-corrected chi connectivity index (χ0v) is 9.71. The van der Waals surface area contributed by atoms with Crippen LogP contribution in [0.5, 0.6) is 0 Å². The van der Waals surface area contributed by atoms with E-state index in [1.54, 1.807) is 13.0 Å². The molecule has 1 rings (SSSR count). The summed E-state index contributed by atoms with van der Waals surface area (Å²) in [6.45, 7) is 2.39. The third-order valence-corrected chi connectivity index (χ3v) is 4.23. The number of esters is 1. The molecule has 1 aliphatic rings. The molecular weight excluding hydrogens is 218 g/mol. The van der Waals surface area contributed by atoms with Crippen molar-refractivity contribution in [3.05, 3.63) is 11.6 Å². The largest absolute Gasteiger partial charge is 0.466 e. The van der Waals surface area contributed by atoms with E-state index in [0.717, 1.165) is 0 Å². The Morgan fingerprint density at radius 1 is 1.53 bits per heavy atom. The van der Waals surface area contributed by atoms with Gasteiger partial charge in [-0.3, -0.25) is 0 Å². The highest BCUT2D eigenvalue weighted by atomic mass is 32.2. The van der Waals surface area contributed by atoms with Gasteiger partial charge in [0, 0.05) is 18.7 Å². The Morgan fingerprint density at radius 3 is 2.67 bits per heavy atom. The van der Waals surface area contributed by atoms with Gasteiger partial charge in [-0.15, -0.1) is 0 Å². The molecule has 1 aliphatic heterocycles. The Bertz CT molecular complexity index is 372. The molecule has 86 valence electrons. The molecule has 1 fully saturated rings. The average molecular weight is 233 g/mol. The molecule has 1 saturated heterocycles. The van der Waals surface area contributed by atoms with Crippen molar-refractivity contribution in [3.8, 4) is 0 Å². The van der Waals surface area contributed by atoms with Crippen LogP contribution in [0.4, 0.5) is 0 Å². The van der Waals surface area contributed by atoms with Gasteiger partial charge in [-0.25, -0.2) is 13.2 Å². The van der Waals surface area contributed by atoms with E-state index in [1.807, 2.05) is 0 Å². The summed E-state index contributed by atoms with van der Waals surface area (Å²) in [5.74, 6) is -0.218. The van der Waals surface area contributed by atoms with Crippen LogP contribution in [0.15, 0.2) is 11.6 Å². The molecule has 0 amide bonds. The van der Waals surface area contributed by atoms with Crippen LogP contribution in [-0.2, 0) is 19.6 Å². The first-order valence-corrected chi connectivity index (χ1v) is 6.31. The van der Waals surface area contributed by atoms with Crippen molar-refractivity contribution in [1.82, 2.24) is 4.31 Å². The molecule has 0 N–H and O–H groups in total. The number of hydrogen-bond acceptors (Lipinski definition) is 4. The third-order valence-electron chi connectivity index (χ3n) is 2.31. The van der Waals surface area contributed by atoms with Crippen molar-refractivity contribution in [2.24, 2.45) is 0 Å².